The van der Waals surface area contributed by atoms with Crippen LogP contribution in [-0.2, 0) is 9.31 Å². The van der Waals surface area contributed by atoms with E-state index in [0.29, 0.717) is 0 Å². The van der Waals surface area contributed by atoms with Crippen LogP contribution in [0.4, 0.5) is 0 Å². The molecule has 0 unspecified atom stereocenters. The van der Waals surface area contributed by atoms with Crippen LogP contribution in [0.1, 0.15) is 40.5 Å². The molecule has 0 amide bonds. The second-order valence-corrected chi connectivity index (χ2v) is 6.71. The molecule has 0 aliphatic carbocycles. The van der Waals surface area contributed by atoms with Crippen LogP contribution in [0, 0.1) is 0 Å². The molecule has 0 aromatic heterocycles. The van der Waals surface area contributed by atoms with Gasteiger partial charge in [0, 0.05) is 5.75 Å². The van der Waals surface area contributed by atoms with Gasteiger partial charge >= 0.3 is 7.12 Å². The van der Waals surface area contributed by atoms with Crippen LogP contribution < -0.4 is 0 Å². The van der Waals surface area contributed by atoms with Crippen molar-refractivity contribution in [2.24, 2.45) is 0 Å². The van der Waals surface area contributed by atoms with Gasteiger partial charge in [-0.05, 0) is 46.3 Å². The van der Waals surface area contributed by atoms with Crippen LogP contribution in [0.5, 0.6) is 0 Å². The van der Waals surface area contributed by atoms with Crippen molar-refractivity contribution in [2.75, 3.05) is 11.5 Å². The monoisotopic (exact) mass is 240 g/mol. The van der Waals surface area contributed by atoms with E-state index >= 15 is 0 Å². The van der Waals surface area contributed by atoms with E-state index in [1.54, 1.807) is 0 Å². The minimum atomic E-state index is -0.212. The Kier molecular flexibility index (Phi) is 3.44. The van der Waals surface area contributed by atoms with E-state index in [2.05, 4.69) is 33.7 Å². The van der Waals surface area contributed by atoms with Crippen molar-refractivity contribution >= 4 is 18.9 Å². The van der Waals surface area contributed by atoms with Crippen LogP contribution in [-0.4, -0.2) is 29.8 Å². The van der Waals surface area contributed by atoms with E-state index in [0.717, 1.165) is 5.75 Å². The molecule has 0 aromatic rings. The summed E-state index contributed by atoms with van der Waals surface area (Å²) in [7, 11) is -0.154. The fourth-order valence-corrected chi connectivity index (χ4v) is 2.95. The number of thioether (sulfide) groups is 1. The molecule has 2 fully saturated rings. The lowest BCUT2D eigenvalue weighted by molar-refractivity contribution is 0.00578. The lowest BCUT2D eigenvalue weighted by atomic mass is 9.86. The summed E-state index contributed by atoms with van der Waals surface area (Å²) in [5, 5.41) is 0. The fourth-order valence-electron chi connectivity index (χ4n) is 1.96. The zero-order valence-electron chi connectivity index (χ0n) is 10.7. The first-order chi connectivity index (χ1) is 7.41. The zero-order valence-corrected chi connectivity index (χ0v) is 11.5. The summed E-state index contributed by atoms with van der Waals surface area (Å²) in [5.74, 6) is 4.62. The predicted octanol–water partition coefficient (Wildman–Crippen LogP) is 3.07. The van der Waals surface area contributed by atoms with Crippen molar-refractivity contribution in [3.05, 3.63) is 11.5 Å². The number of hydrogen-bond acceptors (Lipinski definition) is 3. The zero-order chi connectivity index (χ0) is 11.8. The van der Waals surface area contributed by atoms with Gasteiger partial charge in [-0.2, -0.15) is 11.8 Å². The van der Waals surface area contributed by atoms with Gasteiger partial charge in [-0.25, -0.2) is 0 Å². The minimum Gasteiger partial charge on any atom is -0.400 e. The highest BCUT2D eigenvalue weighted by molar-refractivity contribution is 7.99. The van der Waals surface area contributed by atoms with Gasteiger partial charge in [0.05, 0.1) is 11.2 Å². The summed E-state index contributed by atoms with van der Waals surface area (Å²) in [6.45, 7) is 8.39. The molecular weight excluding hydrogens is 219 g/mol. The summed E-state index contributed by atoms with van der Waals surface area (Å²) in [6, 6.07) is 0. The van der Waals surface area contributed by atoms with Gasteiger partial charge < -0.3 is 9.31 Å². The van der Waals surface area contributed by atoms with Gasteiger partial charge in [-0.3, -0.25) is 0 Å². The van der Waals surface area contributed by atoms with Crippen molar-refractivity contribution in [3.8, 4) is 0 Å². The van der Waals surface area contributed by atoms with E-state index in [4.69, 9.17) is 9.31 Å². The van der Waals surface area contributed by atoms with Crippen molar-refractivity contribution in [3.63, 3.8) is 0 Å². The van der Waals surface area contributed by atoms with Crippen LogP contribution >= 0.6 is 11.8 Å². The van der Waals surface area contributed by atoms with Crippen molar-refractivity contribution < 1.29 is 9.31 Å². The van der Waals surface area contributed by atoms with Gasteiger partial charge in [-0.1, -0.05) is 11.5 Å². The molecule has 2 heterocycles. The summed E-state index contributed by atoms with van der Waals surface area (Å²) < 4.78 is 11.9. The Morgan fingerprint density at radius 2 is 1.81 bits per heavy atom. The normalized spacial score (nSPS) is 31.0. The molecule has 0 spiro atoms. The lowest BCUT2D eigenvalue weighted by Crippen LogP contribution is -2.41. The average molecular weight is 240 g/mol. The summed E-state index contributed by atoms with van der Waals surface area (Å²) >= 11 is 2.01. The third kappa shape index (κ3) is 2.49. The van der Waals surface area contributed by atoms with Crippen molar-refractivity contribution in [1.29, 1.82) is 0 Å². The quantitative estimate of drug-likeness (QED) is 0.656. The molecule has 2 nitrogen and oxygen atoms in total. The molecule has 2 rings (SSSR count). The third-order valence-electron chi connectivity index (χ3n) is 3.72. The molecule has 2 aliphatic rings. The highest BCUT2D eigenvalue weighted by Gasteiger charge is 2.50. The Morgan fingerprint density at radius 1 is 1.19 bits per heavy atom. The standard InChI is InChI=1S/C12H21BO2S/c1-11(2)12(3,4)15-13(14-11)8-10-6-5-7-16-9-10/h8H,5-7,9H2,1-4H3/b10-8-. The van der Waals surface area contributed by atoms with Gasteiger partial charge in [-0.15, -0.1) is 0 Å². The lowest BCUT2D eigenvalue weighted by Gasteiger charge is -2.32. The molecule has 90 valence electrons. The van der Waals surface area contributed by atoms with Crippen molar-refractivity contribution in [1.82, 2.24) is 0 Å². The maximum absolute atomic E-state index is 5.96. The van der Waals surface area contributed by atoms with E-state index in [-0.39, 0.29) is 18.3 Å². The number of hydrogen-bond donors (Lipinski definition) is 0. The highest BCUT2D eigenvalue weighted by atomic mass is 32.2. The Hall–Kier alpha value is 0.0749. The largest absolute Gasteiger partial charge is 0.487 e. The maximum Gasteiger partial charge on any atom is 0.487 e. The van der Waals surface area contributed by atoms with Gasteiger partial charge in [0.15, 0.2) is 0 Å². The molecule has 16 heavy (non-hydrogen) atoms. The molecule has 0 aromatic carbocycles. The van der Waals surface area contributed by atoms with Crippen LogP contribution in [0.2, 0.25) is 0 Å². The second-order valence-electron chi connectivity index (χ2n) is 5.61. The number of rotatable bonds is 1. The van der Waals surface area contributed by atoms with E-state index in [1.165, 1.54) is 24.2 Å². The summed E-state index contributed by atoms with van der Waals surface area (Å²) in [4.78, 5) is 0. The minimum absolute atomic E-state index is 0.154. The highest BCUT2D eigenvalue weighted by Crippen LogP contribution is 2.37. The molecule has 0 bridgehead atoms. The van der Waals surface area contributed by atoms with Gasteiger partial charge in [0.2, 0.25) is 0 Å². The first-order valence-corrected chi connectivity index (χ1v) is 7.19. The molecule has 2 aliphatic heterocycles. The van der Waals surface area contributed by atoms with Crippen LogP contribution in [0.15, 0.2) is 11.5 Å². The van der Waals surface area contributed by atoms with Crippen molar-refractivity contribution in [2.45, 2.75) is 51.7 Å². The van der Waals surface area contributed by atoms with E-state index in [1.807, 2.05) is 11.8 Å². The summed E-state index contributed by atoms with van der Waals surface area (Å²) in [5.41, 5.74) is 1.06. The molecule has 0 N–H and O–H groups in total. The second kappa shape index (κ2) is 4.39. The fraction of sp³-hybridized carbons (Fsp3) is 0.833. The SMILES string of the molecule is CC1(C)OB(/C=C2/CCCSC2)OC1(C)C. The average Bonchev–Trinajstić information content (AvgIpc) is 2.36. The topological polar surface area (TPSA) is 18.5 Å². The Labute approximate surface area is 103 Å². The Balaban J connectivity index is 2.03. The third-order valence-corrected chi connectivity index (χ3v) is 4.87. The van der Waals surface area contributed by atoms with Gasteiger partial charge in [0.25, 0.3) is 0 Å². The van der Waals surface area contributed by atoms with E-state index < -0.39 is 0 Å². The smallest absolute Gasteiger partial charge is 0.400 e. The summed E-state index contributed by atoms with van der Waals surface area (Å²) in [6.07, 6.45) is 2.49. The molecule has 2 saturated heterocycles. The maximum atomic E-state index is 5.96. The van der Waals surface area contributed by atoms with Crippen LogP contribution in [0.3, 0.4) is 0 Å². The Bertz CT molecular complexity index is 275. The van der Waals surface area contributed by atoms with Gasteiger partial charge in [0.1, 0.15) is 0 Å². The Morgan fingerprint density at radius 3 is 2.31 bits per heavy atom. The predicted molar refractivity (Wildman–Crippen MR) is 70.7 cm³/mol. The molecule has 4 heteroatoms. The first kappa shape index (κ1) is 12.5. The molecule has 0 atom stereocenters. The van der Waals surface area contributed by atoms with E-state index in [9.17, 15) is 0 Å². The van der Waals surface area contributed by atoms with Crippen LogP contribution in [0.25, 0.3) is 0 Å². The molecule has 0 saturated carbocycles. The molecule has 0 radical (unpaired) electrons. The molecular formula is C12H21BO2S. The first-order valence-electron chi connectivity index (χ1n) is 6.04.